The number of nitrogen functional groups attached to an aromatic ring is 1. The maximum absolute atomic E-state index is 11.9. The molecular weight excluding hydrogens is 274 g/mol. The second kappa shape index (κ2) is 8.80. The summed E-state index contributed by atoms with van der Waals surface area (Å²) in [6.07, 6.45) is 0.703. The molecule has 0 bridgehead atoms. The number of carboxylic acids is 1. The van der Waals surface area contributed by atoms with Gasteiger partial charge in [-0.05, 0) is 18.6 Å². The lowest BCUT2D eigenvalue weighted by atomic mass is 10.2. The number of anilines is 2. The van der Waals surface area contributed by atoms with E-state index in [9.17, 15) is 9.59 Å². The first-order valence-corrected chi connectivity index (χ1v) is 6.61. The van der Waals surface area contributed by atoms with E-state index in [0.717, 1.165) is 0 Å². The van der Waals surface area contributed by atoms with Crippen molar-refractivity contribution >= 4 is 23.3 Å². The molecule has 0 aliphatic rings. The first-order valence-electron chi connectivity index (χ1n) is 6.61. The van der Waals surface area contributed by atoms with Crippen LogP contribution < -0.4 is 16.0 Å². The third kappa shape index (κ3) is 6.13. The van der Waals surface area contributed by atoms with Gasteiger partial charge in [0.2, 0.25) is 5.91 Å². The molecule has 0 unspecified atom stereocenters. The molecular formula is C14H21N3O4. The molecule has 0 radical (unpaired) electrons. The monoisotopic (exact) mass is 295 g/mol. The van der Waals surface area contributed by atoms with Crippen molar-refractivity contribution in [1.29, 1.82) is 0 Å². The van der Waals surface area contributed by atoms with E-state index in [1.54, 1.807) is 31.4 Å². The van der Waals surface area contributed by atoms with Gasteiger partial charge in [-0.1, -0.05) is 12.1 Å². The van der Waals surface area contributed by atoms with Crippen LogP contribution in [0.3, 0.4) is 0 Å². The summed E-state index contributed by atoms with van der Waals surface area (Å²) < 4.78 is 4.89. The van der Waals surface area contributed by atoms with Gasteiger partial charge in [0.1, 0.15) is 6.54 Å². The summed E-state index contributed by atoms with van der Waals surface area (Å²) in [5, 5.41) is 11.7. The standard InChI is InChI=1S/C14H21N3O4/c1-21-8-4-7-16-13(18)9-17(10-14(19)20)12-6-3-2-5-11(12)15/h2-3,5-6H,4,7-10,15H2,1H3,(H,16,18)(H,19,20). The van der Waals surface area contributed by atoms with Gasteiger partial charge in [0.15, 0.2) is 0 Å². The lowest BCUT2D eigenvalue weighted by molar-refractivity contribution is -0.135. The van der Waals surface area contributed by atoms with E-state index in [2.05, 4.69) is 5.32 Å². The second-order valence-corrected chi connectivity index (χ2v) is 4.50. The van der Waals surface area contributed by atoms with Crippen molar-refractivity contribution in [2.45, 2.75) is 6.42 Å². The number of rotatable bonds is 9. The molecule has 1 amide bonds. The topological polar surface area (TPSA) is 105 Å². The fourth-order valence-electron chi connectivity index (χ4n) is 1.84. The van der Waals surface area contributed by atoms with Crippen molar-refractivity contribution in [2.75, 3.05) is 44.0 Å². The number of nitrogens with one attached hydrogen (secondary N) is 1. The molecule has 0 saturated heterocycles. The Morgan fingerprint density at radius 1 is 1.33 bits per heavy atom. The molecule has 0 spiro atoms. The molecule has 0 fully saturated rings. The van der Waals surface area contributed by atoms with Gasteiger partial charge in [0, 0.05) is 20.3 Å². The molecule has 7 nitrogen and oxygen atoms in total. The first kappa shape index (κ1) is 16.8. The largest absolute Gasteiger partial charge is 0.480 e. The SMILES string of the molecule is COCCCNC(=O)CN(CC(=O)O)c1ccccc1N. The van der Waals surface area contributed by atoms with E-state index in [4.69, 9.17) is 15.6 Å². The van der Waals surface area contributed by atoms with Crippen LogP contribution in [0, 0.1) is 0 Å². The Bertz CT molecular complexity index is 479. The molecule has 1 aromatic carbocycles. The number of nitrogens with two attached hydrogens (primary N) is 1. The van der Waals surface area contributed by atoms with Gasteiger partial charge in [0.25, 0.3) is 0 Å². The van der Waals surface area contributed by atoms with E-state index in [1.807, 2.05) is 0 Å². The molecule has 0 atom stereocenters. The number of carbonyl (C=O) groups excluding carboxylic acids is 1. The van der Waals surface area contributed by atoms with Crippen molar-refractivity contribution < 1.29 is 19.4 Å². The van der Waals surface area contributed by atoms with Crippen molar-refractivity contribution in [3.63, 3.8) is 0 Å². The fraction of sp³-hybridized carbons (Fsp3) is 0.429. The molecule has 1 aromatic rings. The Balaban J connectivity index is 2.64. The number of carbonyl (C=O) groups is 2. The zero-order valence-electron chi connectivity index (χ0n) is 12.0. The maximum atomic E-state index is 11.9. The number of amides is 1. The summed E-state index contributed by atoms with van der Waals surface area (Å²) in [5.74, 6) is -1.28. The molecule has 21 heavy (non-hydrogen) atoms. The molecule has 116 valence electrons. The Hall–Kier alpha value is -2.28. The van der Waals surface area contributed by atoms with Gasteiger partial charge in [-0.3, -0.25) is 9.59 Å². The zero-order valence-corrected chi connectivity index (χ0v) is 12.0. The van der Waals surface area contributed by atoms with E-state index in [0.29, 0.717) is 30.9 Å². The number of hydrogen-bond acceptors (Lipinski definition) is 5. The molecule has 1 rings (SSSR count). The smallest absolute Gasteiger partial charge is 0.323 e. The highest BCUT2D eigenvalue weighted by Crippen LogP contribution is 2.21. The van der Waals surface area contributed by atoms with Gasteiger partial charge in [-0.15, -0.1) is 0 Å². The van der Waals surface area contributed by atoms with Gasteiger partial charge in [-0.25, -0.2) is 0 Å². The van der Waals surface area contributed by atoms with E-state index >= 15 is 0 Å². The summed E-state index contributed by atoms with van der Waals surface area (Å²) in [5.41, 5.74) is 6.80. The van der Waals surface area contributed by atoms with Crippen LogP contribution in [0.25, 0.3) is 0 Å². The summed E-state index contributed by atoms with van der Waals surface area (Å²) in [6, 6.07) is 6.86. The number of ether oxygens (including phenoxy) is 1. The third-order valence-corrected chi connectivity index (χ3v) is 2.79. The van der Waals surface area contributed by atoms with Crippen LogP contribution >= 0.6 is 0 Å². The van der Waals surface area contributed by atoms with Crippen LogP contribution in [0.4, 0.5) is 11.4 Å². The molecule has 0 saturated carbocycles. The zero-order chi connectivity index (χ0) is 15.7. The predicted molar refractivity (Wildman–Crippen MR) is 80.2 cm³/mol. The van der Waals surface area contributed by atoms with Crippen LogP contribution in [0.1, 0.15) is 6.42 Å². The second-order valence-electron chi connectivity index (χ2n) is 4.50. The first-order chi connectivity index (χ1) is 10.0. The van der Waals surface area contributed by atoms with Crippen LogP contribution in [-0.2, 0) is 14.3 Å². The van der Waals surface area contributed by atoms with Crippen LogP contribution in [0.5, 0.6) is 0 Å². The summed E-state index contributed by atoms with van der Waals surface area (Å²) in [6.45, 7) is 0.690. The van der Waals surface area contributed by atoms with E-state index < -0.39 is 5.97 Å². The Morgan fingerprint density at radius 2 is 2.05 bits per heavy atom. The normalized spacial score (nSPS) is 10.1. The Kier molecular flexibility index (Phi) is 7.03. The van der Waals surface area contributed by atoms with Gasteiger partial charge < -0.3 is 25.8 Å². The third-order valence-electron chi connectivity index (χ3n) is 2.79. The van der Waals surface area contributed by atoms with Gasteiger partial charge >= 0.3 is 5.97 Å². The maximum Gasteiger partial charge on any atom is 0.323 e. The minimum atomic E-state index is -1.02. The number of benzene rings is 1. The van der Waals surface area contributed by atoms with Crippen LogP contribution in [0.15, 0.2) is 24.3 Å². The molecule has 0 aliphatic carbocycles. The quantitative estimate of drug-likeness (QED) is 0.447. The average Bonchev–Trinajstić information content (AvgIpc) is 2.43. The number of carboxylic acid groups (broad SMARTS) is 1. The molecule has 4 N–H and O–H groups in total. The highest BCUT2D eigenvalue weighted by atomic mass is 16.5. The number of aliphatic carboxylic acids is 1. The number of methoxy groups -OCH3 is 1. The van der Waals surface area contributed by atoms with Crippen molar-refractivity contribution in [3.8, 4) is 0 Å². The molecule has 7 heteroatoms. The van der Waals surface area contributed by atoms with E-state index in [-0.39, 0.29) is 19.0 Å². The van der Waals surface area contributed by atoms with E-state index in [1.165, 1.54) is 4.90 Å². The molecule has 0 aromatic heterocycles. The average molecular weight is 295 g/mol. The van der Waals surface area contributed by atoms with Crippen LogP contribution in [-0.4, -0.2) is 50.3 Å². The fourth-order valence-corrected chi connectivity index (χ4v) is 1.84. The van der Waals surface area contributed by atoms with Crippen molar-refractivity contribution in [2.24, 2.45) is 0 Å². The molecule has 0 heterocycles. The number of para-hydroxylation sites is 2. The minimum Gasteiger partial charge on any atom is -0.480 e. The van der Waals surface area contributed by atoms with Crippen LogP contribution in [0.2, 0.25) is 0 Å². The summed E-state index contributed by atoms with van der Waals surface area (Å²) in [4.78, 5) is 24.2. The van der Waals surface area contributed by atoms with Crippen molar-refractivity contribution in [1.82, 2.24) is 5.32 Å². The highest BCUT2D eigenvalue weighted by molar-refractivity contribution is 5.86. The lowest BCUT2D eigenvalue weighted by Crippen LogP contribution is -2.40. The molecule has 0 aliphatic heterocycles. The Morgan fingerprint density at radius 3 is 2.67 bits per heavy atom. The van der Waals surface area contributed by atoms with Crippen molar-refractivity contribution in [3.05, 3.63) is 24.3 Å². The number of nitrogens with zero attached hydrogens (tertiary/aromatic N) is 1. The Labute approximate surface area is 123 Å². The highest BCUT2D eigenvalue weighted by Gasteiger charge is 2.16. The summed E-state index contributed by atoms with van der Waals surface area (Å²) >= 11 is 0. The van der Waals surface area contributed by atoms with Gasteiger partial charge in [-0.2, -0.15) is 0 Å². The minimum absolute atomic E-state index is 0.0620. The number of hydrogen-bond donors (Lipinski definition) is 3. The predicted octanol–water partition coefficient (Wildman–Crippen LogP) is 0.313. The summed E-state index contributed by atoms with van der Waals surface area (Å²) in [7, 11) is 1.59. The lowest BCUT2D eigenvalue weighted by Gasteiger charge is -2.23. The van der Waals surface area contributed by atoms with Gasteiger partial charge in [0.05, 0.1) is 17.9 Å².